The van der Waals surface area contributed by atoms with Crippen LogP contribution in [0.3, 0.4) is 0 Å². The van der Waals surface area contributed by atoms with Crippen molar-refractivity contribution >= 4 is 73.2 Å². The lowest BCUT2D eigenvalue weighted by atomic mass is 10.00. The van der Waals surface area contributed by atoms with Crippen LogP contribution in [0.5, 0.6) is 0 Å². The minimum absolute atomic E-state index is 0.0225. The van der Waals surface area contributed by atoms with E-state index in [1.54, 1.807) is 30.3 Å². The van der Waals surface area contributed by atoms with Crippen molar-refractivity contribution in [3.05, 3.63) is 129 Å². The van der Waals surface area contributed by atoms with Gasteiger partial charge in [-0.25, -0.2) is 22.2 Å². The van der Waals surface area contributed by atoms with E-state index in [-0.39, 0.29) is 32.2 Å². The van der Waals surface area contributed by atoms with Crippen LogP contribution in [0.4, 0.5) is 14.5 Å². The summed E-state index contributed by atoms with van der Waals surface area (Å²) in [4.78, 5) is 31.9. The average molecular weight is 661 g/mol. The molecule has 0 aliphatic carbocycles. The third-order valence-electron chi connectivity index (χ3n) is 6.38. The largest absolute Gasteiger partial charge is 0.288 e. The number of fused-ring (bicyclic) bond motifs is 1. The number of hydrogen-bond acceptors (Lipinski definition) is 5. The maximum absolute atomic E-state index is 15.6. The zero-order valence-electron chi connectivity index (χ0n) is 21.7. The fraction of sp³-hybridized carbons (Fsp3) is 0.0333. The number of ketones is 1. The van der Waals surface area contributed by atoms with Gasteiger partial charge < -0.3 is 0 Å². The first-order valence-electron chi connectivity index (χ1n) is 12.3. The Hall–Kier alpha value is -4.09. The van der Waals surface area contributed by atoms with Crippen LogP contribution < -0.4 is 4.72 Å². The van der Waals surface area contributed by atoms with E-state index >= 15 is 8.78 Å². The molecule has 0 bridgehead atoms. The summed E-state index contributed by atoms with van der Waals surface area (Å²) in [5.74, 6) is -5.17. The highest BCUT2D eigenvalue weighted by Gasteiger charge is 2.29. The fourth-order valence-corrected chi connectivity index (χ4v) is 5.98. The first kappa shape index (κ1) is 30.4. The van der Waals surface area contributed by atoms with Gasteiger partial charge in [0.2, 0.25) is 15.8 Å². The molecule has 43 heavy (non-hydrogen) atoms. The van der Waals surface area contributed by atoms with Gasteiger partial charge in [-0.2, -0.15) is 0 Å². The Kier molecular flexibility index (Phi) is 8.40. The van der Waals surface area contributed by atoms with Gasteiger partial charge in [0.25, 0.3) is 5.91 Å². The Labute approximate surface area is 259 Å². The molecule has 0 saturated heterocycles. The Morgan fingerprint density at radius 1 is 0.953 bits per heavy atom. The van der Waals surface area contributed by atoms with Crippen molar-refractivity contribution in [2.24, 2.45) is 0 Å². The molecule has 0 radical (unpaired) electrons. The predicted octanol–water partition coefficient (Wildman–Crippen LogP) is 7.79. The molecule has 2 aromatic heterocycles. The van der Waals surface area contributed by atoms with Crippen LogP contribution in [0.2, 0.25) is 15.1 Å². The van der Waals surface area contributed by atoms with Gasteiger partial charge in [-0.1, -0.05) is 59.1 Å². The zero-order chi connectivity index (χ0) is 31.1. The molecule has 0 unspecified atom stereocenters. The number of sulfonamides is 1. The monoisotopic (exact) mass is 659 g/mol. The fourth-order valence-electron chi connectivity index (χ4n) is 4.40. The number of nitrogens with zero attached hydrogens (tertiary/aromatic N) is 2. The lowest BCUT2D eigenvalue weighted by Crippen LogP contribution is -2.18. The van der Waals surface area contributed by atoms with Crippen molar-refractivity contribution in [2.75, 3.05) is 10.5 Å². The van der Waals surface area contributed by atoms with Crippen molar-refractivity contribution in [2.45, 2.75) is 0 Å². The maximum Gasteiger partial charge on any atom is 0.266 e. The van der Waals surface area contributed by atoms with E-state index in [4.69, 9.17) is 34.8 Å². The number of hydrogen-bond donors (Lipinski definition) is 1. The molecule has 0 aliphatic rings. The van der Waals surface area contributed by atoms with Crippen molar-refractivity contribution in [1.82, 2.24) is 9.55 Å². The number of rotatable bonds is 8. The number of halogens is 5. The van der Waals surface area contributed by atoms with Crippen molar-refractivity contribution in [1.29, 1.82) is 0 Å². The summed E-state index contributed by atoms with van der Waals surface area (Å²) in [6.07, 6.45) is 3.62. The Balaban J connectivity index is 1.73. The third kappa shape index (κ3) is 5.92. The smallest absolute Gasteiger partial charge is 0.266 e. The number of aromatic nitrogens is 2. The summed E-state index contributed by atoms with van der Waals surface area (Å²) < 4.78 is 58.1. The third-order valence-corrected chi connectivity index (χ3v) is 8.47. The molecule has 0 spiro atoms. The standard InChI is InChI=1S/C30H18Cl3F2N3O4S/c1-2-12-43(41,42)37-24-11-10-23(34)26(27(24)35)28(39)20-15-38(30(40)25-21(32)4-3-5-22(25)33)29-19(20)13-17(14-36-29)16-6-8-18(31)9-7-16/h2-11,13-15,37H,1,12H2. The van der Waals surface area contributed by atoms with Crippen LogP contribution in [0.25, 0.3) is 22.2 Å². The molecule has 1 N–H and O–H groups in total. The van der Waals surface area contributed by atoms with Crippen LogP contribution in [0.1, 0.15) is 26.3 Å². The van der Waals surface area contributed by atoms with Gasteiger partial charge in [0.1, 0.15) is 11.5 Å². The number of carbonyl (C=O) groups is 2. The van der Waals surface area contributed by atoms with Crippen LogP contribution in [0.15, 0.2) is 85.7 Å². The summed E-state index contributed by atoms with van der Waals surface area (Å²) >= 11 is 18.5. The lowest BCUT2D eigenvalue weighted by molar-refractivity contribution is 0.0964. The minimum Gasteiger partial charge on any atom is -0.288 e. The van der Waals surface area contributed by atoms with E-state index in [1.165, 1.54) is 24.4 Å². The SMILES string of the molecule is C=CCS(=O)(=O)Nc1ccc(F)c(C(=O)c2cn(C(=O)c3c(Cl)cccc3Cl)c3ncc(-c4ccc(Cl)cc4)cc23)c1F. The van der Waals surface area contributed by atoms with E-state index in [9.17, 15) is 18.0 Å². The van der Waals surface area contributed by atoms with Gasteiger partial charge in [0.05, 0.1) is 38.2 Å². The van der Waals surface area contributed by atoms with Crippen LogP contribution >= 0.6 is 34.8 Å². The first-order chi connectivity index (χ1) is 20.4. The lowest BCUT2D eigenvalue weighted by Gasteiger charge is -2.11. The minimum atomic E-state index is -4.08. The molecule has 3 aromatic carbocycles. The van der Waals surface area contributed by atoms with Crippen molar-refractivity contribution < 1.29 is 26.8 Å². The van der Waals surface area contributed by atoms with Gasteiger partial charge in [-0.05, 0) is 48.0 Å². The summed E-state index contributed by atoms with van der Waals surface area (Å²) in [7, 11) is -4.08. The highest BCUT2D eigenvalue weighted by molar-refractivity contribution is 7.92. The highest BCUT2D eigenvalue weighted by Crippen LogP contribution is 2.33. The molecule has 0 fully saturated rings. The van der Waals surface area contributed by atoms with E-state index in [0.29, 0.717) is 16.1 Å². The summed E-state index contributed by atoms with van der Waals surface area (Å²) in [6, 6.07) is 14.3. The van der Waals surface area contributed by atoms with Gasteiger partial charge in [0, 0.05) is 28.4 Å². The molecule has 7 nitrogen and oxygen atoms in total. The van der Waals surface area contributed by atoms with Crippen LogP contribution in [0, 0.1) is 11.6 Å². The van der Waals surface area contributed by atoms with Crippen molar-refractivity contribution in [3.63, 3.8) is 0 Å². The topological polar surface area (TPSA) is 98.1 Å². The average Bonchev–Trinajstić information content (AvgIpc) is 3.34. The van der Waals surface area contributed by atoms with E-state index in [2.05, 4.69) is 11.6 Å². The van der Waals surface area contributed by atoms with Crippen LogP contribution in [-0.2, 0) is 10.0 Å². The second-order valence-electron chi connectivity index (χ2n) is 9.20. The molecule has 0 aliphatic heterocycles. The molecular formula is C30H18Cl3F2N3O4S. The molecule has 218 valence electrons. The van der Waals surface area contributed by atoms with Gasteiger partial charge in [-0.3, -0.25) is 18.9 Å². The molecule has 2 heterocycles. The Morgan fingerprint density at radius 3 is 2.28 bits per heavy atom. The highest BCUT2D eigenvalue weighted by atomic mass is 35.5. The summed E-state index contributed by atoms with van der Waals surface area (Å²) in [5.41, 5.74) is -0.926. The van der Waals surface area contributed by atoms with E-state index in [0.717, 1.165) is 29.0 Å². The van der Waals surface area contributed by atoms with Gasteiger partial charge in [-0.15, -0.1) is 6.58 Å². The summed E-state index contributed by atoms with van der Waals surface area (Å²) in [5, 5.41) is 0.616. The molecular weight excluding hydrogens is 643 g/mol. The normalized spacial score (nSPS) is 11.5. The second-order valence-corrected chi connectivity index (χ2v) is 12.2. The zero-order valence-corrected chi connectivity index (χ0v) is 24.8. The number of anilines is 1. The maximum atomic E-state index is 15.6. The number of nitrogens with one attached hydrogen (secondary N) is 1. The predicted molar refractivity (Wildman–Crippen MR) is 164 cm³/mol. The molecule has 5 aromatic rings. The van der Waals surface area contributed by atoms with E-state index in [1.807, 2.05) is 4.72 Å². The number of pyridine rings is 1. The second kappa shape index (κ2) is 11.9. The summed E-state index contributed by atoms with van der Waals surface area (Å²) in [6.45, 7) is 3.33. The number of carbonyl (C=O) groups excluding carboxylic acids is 2. The number of benzene rings is 3. The Bertz CT molecular complexity index is 2040. The molecule has 0 amide bonds. The quantitative estimate of drug-likeness (QED) is 0.135. The first-order valence-corrected chi connectivity index (χ1v) is 15.1. The molecule has 0 saturated carbocycles. The van der Waals surface area contributed by atoms with E-state index < -0.39 is 50.4 Å². The van der Waals surface area contributed by atoms with Gasteiger partial charge >= 0.3 is 0 Å². The van der Waals surface area contributed by atoms with Gasteiger partial charge in [0.15, 0.2) is 5.82 Å². The molecule has 13 heteroatoms. The molecule has 0 atom stereocenters. The molecule has 5 rings (SSSR count). The van der Waals surface area contributed by atoms with Crippen molar-refractivity contribution in [3.8, 4) is 11.1 Å². The van der Waals surface area contributed by atoms with Crippen LogP contribution in [-0.4, -0.2) is 35.4 Å². The Morgan fingerprint density at radius 2 is 1.63 bits per heavy atom.